The van der Waals surface area contributed by atoms with Crippen LogP contribution in [0.4, 0.5) is 0 Å². The number of likely N-dealkylation sites (N-methyl/N-ethyl adjacent to an activating group) is 1. The fraction of sp³-hybridized carbons (Fsp3) is 0.333. The highest BCUT2D eigenvalue weighted by molar-refractivity contribution is 7.80. The molecule has 0 aromatic heterocycles. The summed E-state index contributed by atoms with van der Waals surface area (Å²) in [5, 5.41) is 0. The number of rotatable bonds is 3. The predicted molar refractivity (Wildman–Crippen MR) is 69.1 cm³/mol. The average molecular weight is 236 g/mol. The first kappa shape index (κ1) is 12.6. The number of benzene rings is 1. The SMILES string of the molecule is CC(=O)N(C)C(C(N)=S)c1cccc(C)c1. The Labute approximate surface area is 101 Å². The van der Waals surface area contributed by atoms with Gasteiger partial charge in [-0.25, -0.2) is 0 Å². The van der Waals surface area contributed by atoms with E-state index in [9.17, 15) is 4.79 Å². The van der Waals surface area contributed by atoms with Crippen LogP contribution in [-0.2, 0) is 4.79 Å². The second-order valence-electron chi connectivity index (χ2n) is 3.85. The predicted octanol–water partition coefficient (Wildman–Crippen LogP) is 1.80. The third kappa shape index (κ3) is 2.79. The van der Waals surface area contributed by atoms with E-state index in [2.05, 4.69) is 0 Å². The molecule has 1 atom stereocenters. The van der Waals surface area contributed by atoms with E-state index in [0.717, 1.165) is 11.1 Å². The Morgan fingerprint density at radius 2 is 2.12 bits per heavy atom. The van der Waals surface area contributed by atoms with Crippen LogP contribution in [0.2, 0.25) is 0 Å². The van der Waals surface area contributed by atoms with E-state index in [1.54, 1.807) is 11.9 Å². The maximum absolute atomic E-state index is 11.4. The van der Waals surface area contributed by atoms with Crippen LogP contribution in [-0.4, -0.2) is 22.8 Å². The molecule has 1 rings (SSSR count). The molecular formula is C12H16N2OS. The normalized spacial score (nSPS) is 11.9. The van der Waals surface area contributed by atoms with Gasteiger partial charge in [-0.3, -0.25) is 4.79 Å². The van der Waals surface area contributed by atoms with Crippen molar-refractivity contribution in [2.75, 3.05) is 7.05 Å². The molecule has 3 nitrogen and oxygen atoms in total. The largest absolute Gasteiger partial charge is 0.391 e. The van der Waals surface area contributed by atoms with Gasteiger partial charge in [-0.2, -0.15) is 0 Å². The van der Waals surface area contributed by atoms with Gasteiger partial charge in [0.1, 0.15) is 11.0 Å². The van der Waals surface area contributed by atoms with Crippen molar-refractivity contribution in [3.63, 3.8) is 0 Å². The zero-order valence-electron chi connectivity index (χ0n) is 9.73. The summed E-state index contributed by atoms with van der Waals surface area (Å²) in [6, 6.07) is 7.52. The molecule has 0 aliphatic heterocycles. The third-order valence-corrected chi connectivity index (χ3v) is 2.73. The topological polar surface area (TPSA) is 46.3 Å². The number of carbonyl (C=O) groups is 1. The highest BCUT2D eigenvalue weighted by Crippen LogP contribution is 2.20. The van der Waals surface area contributed by atoms with Gasteiger partial charge >= 0.3 is 0 Å². The van der Waals surface area contributed by atoms with Gasteiger partial charge in [0.25, 0.3) is 0 Å². The van der Waals surface area contributed by atoms with E-state index < -0.39 is 0 Å². The minimum atomic E-state index is -0.326. The molecule has 86 valence electrons. The van der Waals surface area contributed by atoms with Crippen molar-refractivity contribution in [2.24, 2.45) is 5.73 Å². The fourth-order valence-corrected chi connectivity index (χ4v) is 1.89. The smallest absolute Gasteiger partial charge is 0.220 e. The Balaban J connectivity index is 3.12. The second kappa shape index (κ2) is 5.07. The number of thiocarbonyl (C=S) groups is 1. The Morgan fingerprint density at radius 1 is 1.50 bits per heavy atom. The van der Waals surface area contributed by atoms with Gasteiger partial charge in [0, 0.05) is 14.0 Å². The third-order valence-electron chi connectivity index (χ3n) is 2.51. The molecule has 0 heterocycles. The fourth-order valence-electron chi connectivity index (χ4n) is 1.60. The number of hydrogen-bond donors (Lipinski definition) is 1. The van der Waals surface area contributed by atoms with Crippen molar-refractivity contribution in [1.29, 1.82) is 0 Å². The van der Waals surface area contributed by atoms with E-state index in [4.69, 9.17) is 18.0 Å². The zero-order valence-corrected chi connectivity index (χ0v) is 10.5. The van der Waals surface area contributed by atoms with Crippen molar-refractivity contribution in [2.45, 2.75) is 19.9 Å². The lowest BCUT2D eigenvalue weighted by Crippen LogP contribution is -2.37. The van der Waals surface area contributed by atoms with Gasteiger partial charge in [0.05, 0.1) is 0 Å². The average Bonchev–Trinajstić information content (AvgIpc) is 2.17. The van der Waals surface area contributed by atoms with Gasteiger partial charge in [-0.15, -0.1) is 0 Å². The van der Waals surface area contributed by atoms with Crippen molar-refractivity contribution < 1.29 is 4.79 Å². The van der Waals surface area contributed by atoms with E-state index in [1.165, 1.54) is 6.92 Å². The molecule has 0 aliphatic rings. The number of nitrogens with zero attached hydrogens (tertiary/aromatic N) is 1. The first-order valence-corrected chi connectivity index (χ1v) is 5.43. The molecule has 1 aromatic carbocycles. The molecule has 1 aromatic rings. The molecule has 0 radical (unpaired) electrons. The molecule has 0 saturated carbocycles. The molecule has 16 heavy (non-hydrogen) atoms. The molecule has 0 fully saturated rings. The first-order chi connectivity index (χ1) is 7.43. The summed E-state index contributed by atoms with van der Waals surface area (Å²) in [4.78, 5) is 13.2. The van der Waals surface area contributed by atoms with Crippen molar-refractivity contribution >= 4 is 23.1 Å². The Kier molecular flexibility index (Phi) is 4.01. The Morgan fingerprint density at radius 3 is 2.56 bits per heavy atom. The second-order valence-corrected chi connectivity index (χ2v) is 4.32. The zero-order chi connectivity index (χ0) is 12.3. The first-order valence-electron chi connectivity index (χ1n) is 5.02. The summed E-state index contributed by atoms with van der Waals surface area (Å²) >= 11 is 5.02. The molecule has 0 bridgehead atoms. The van der Waals surface area contributed by atoms with Crippen LogP contribution < -0.4 is 5.73 Å². The van der Waals surface area contributed by atoms with Crippen molar-refractivity contribution in [1.82, 2.24) is 4.90 Å². The summed E-state index contributed by atoms with van der Waals surface area (Å²) in [5.41, 5.74) is 7.77. The summed E-state index contributed by atoms with van der Waals surface area (Å²) < 4.78 is 0. The minimum absolute atomic E-state index is 0.0562. The Bertz CT molecular complexity index is 417. The van der Waals surface area contributed by atoms with E-state index in [0.29, 0.717) is 4.99 Å². The lowest BCUT2D eigenvalue weighted by atomic mass is 10.0. The summed E-state index contributed by atoms with van der Waals surface area (Å²) in [7, 11) is 1.70. The number of carbonyl (C=O) groups excluding carboxylic acids is 1. The van der Waals surface area contributed by atoms with Gasteiger partial charge < -0.3 is 10.6 Å². The van der Waals surface area contributed by atoms with Gasteiger partial charge in [0.2, 0.25) is 5.91 Å². The summed E-state index contributed by atoms with van der Waals surface area (Å²) in [6.07, 6.45) is 0. The lowest BCUT2D eigenvalue weighted by Gasteiger charge is -2.26. The van der Waals surface area contributed by atoms with Crippen molar-refractivity contribution in [3.05, 3.63) is 35.4 Å². The molecule has 1 unspecified atom stereocenters. The molecule has 1 amide bonds. The Hall–Kier alpha value is -1.42. The molecule has 0 aliphatic carbocycles. The van der Waals surface area contributed by atoms with Crippen LogP contribution in [0.5, 0.6) is 0 Å². The maximum atomic E-state index is 11.4. The highest BCUT2D eigenvalue weighted by atomic mass is 32.1. The minimum Gasteiger partial charge on any atom is -0.391 e. The van der Waals surface area contributed by atoms with Crippen LogP contribution in [0.15, 0.2) is 24.3 Å². The van der Waals surface area contributed by atoms with Gasteiger partial charge in [0.15, 0.2) is 0 Å². The van der Waals surface area contributed by atoms with Crippen LogP contribution in [0, 0.1) is 6.92 Å². The summed E-state index contributed by atoms with van der Waals surface area (Å²) in [6.45, 7) is 3.50. The van der Waals surface area contributed by atoms with Gasteiger partial charge in [-0.1, -0.05) is 42.0 Å². The van der Waals surface area contributed by atoms with Crippen LogP contribution in [0.1, 0.15) is 24.1 Å². The van der Waals surface area contributed by atoms with Crippen molar-refractivity contribution in [3.8, 4) is 0 Å². The summed E-state index contributed by atoms with van der Waals surface area (Å²) in [5.74, 6) is -0.0562. The monoisotopic (exact) mass is 236 g/mol. The molecule has 0 spiro atoms. The molecule has 0 saturated heterocycles. The van der Waals surface area contributed by atoms with Crippen LogP contribution >= 0.6 is 12.2 Å². The number of hydrogen-bond acceptors (Lipinski definition) is 2. The number of amides is 1. The van der Waals surface area contributed by atoms with Crippen LogP contribution in [0.25, 0.3) is 0 Å². The molecule has 2 N–H and O–H groups in total. The van der Waals surface area contributed by atoms with E-state index >= 15 is 0 Å². The highest BCUT2D eigenvalue weighted by Gasteiger charge is 2.21. The lowest BCUT2D eigenvalue weighted by molar-refractivity contribution is -0.128. The van der Waals surface area contributed by atoms with E-state index in [-0.39, 0.29) is 11.9 Å². The van der Waals surface area contributed by atoms with Gasteiger partial charge in [-0.05, 0) is 12.5 Å². The van der Waals surface area contributed by atoms with Crippen LogP contribution in [0.3, 0.4) is 0 Å². The standard InChI is InChI=1S/C12H16N2OS/c1-8-5-4-6-10(7-8)11(12(13)16)14(3)9(2)15/h4-7,11H,1-3H3,(H2,13,16). The number of aryl methyl sites for hydroxylation is 1. The quantitative estimate of drug-likeness (QED) is 0.814. The van der Waals surface area contributed by atoms with E-state index in [1.807, 2.05) is 31.2 Å². The molecule has 4 heteroatoms. The molecular weight excluding hydrogens is 220 g/mol. The number of nitrogens with two attached hydrogens (primary N) is 1. The maximum Gasteiger partial charge on any atom is 0.220 e.